The Hall–Kier alpha value is -0.120. The van der Waals surface area contributed by atoms with Gasteiger partial charge >= 0.3 is 0 Å². The highest BCUT2D eigenvalue weighted by molar-refractivity contribution is 4.86. The van der Waals surface area contributed by atoms with E-state index in [4.69, 9.17) is 4.74 Å². The second kappa shape index (κ2) is 5.69. The summed E-state index contributed by atoms with van der Waals surface area (Å²) < 4.78 is 5.69. The minimum Gasteiger partial charge on any atom is -0.389 e. The summed E-state index contributed by atoms with van der Waals surface area (Å²) in [6, 6.07) is 0.582. The minimum absolute atomic E-state index is 0.191. The van der Waals surface area contributed by atoms with E-state index in [2.05, 4.69) is 26.1 Å². The van der Waals surface area contributed by atoms with Crippen molar-refractivity contribution in [2.45, 2.75) is 64.3 Å². The third-order valence-corrected chi connectivity index (χ3v) is 3.10. The van der Waals surface area contributed by atoms with Gasteiger partial charge < -0.3 is 15.2 Å². The first-order chi connectivity index (χ1) is 6.72. The lowest BCUT2D eigenvalue weighted by atomic mass is 10.0. The number of nitrogens with one attached hydrogen (secondary N) is 1. The van der Waals surface area contributed by atoms with Crippen molar-refractivity contribution in [2.24, 2.45) is 0 Å². The molecule has 2 N–H and O–H groups in total. The standard InChI is InChI=1S/C11H23NO2/c1-4-8-10(13)7-14-11(6-3)9(5-2)12-8/h8-13H,4-7H2,1-3H3/t8-,9?,10-,11?/m1/s1. The van der Waals surface area contributed by atoms with Crippen LogP contribution in [-0.2, 0) is 4.74 Å². The van der Waals surface area contributed by atoms with Crippen LogP contribution in [-0.4, -0.2) is 36.0 Å². The van der Waals surface area contributed by atoms with Crippen molar-refractivity contribution < 1.29 is 9.84 Å². The Morgan fingerprint density at radius 2 is 1.79 bits per heavy atom. The van der Waals surface area contributed by atoms with Crippen LogP contribution in [0.1, 0.15) is 40.0 Å². The molecule has 2 unspecified atom stereocenters. The zero-order chi connectivity index (χ0) is 10.6. The third-order valence-electron chi connectivity index (χ3n) is 3.10. The van der Waals surface area contributed by atoms with Gasteiger partial charge in [0, 0.05) is 12.1 Å². The smallest absolute Gasteiger partial charge is 0.0926 e. The molecule has 0 aromatic rings. The van der Waals surface area contributed by atoms with Gasteiger partial charge in [0.1, 0.15) is 0 Å². The molecule has 3 nitrogen and oxygen atoms in total. The molecule has 4 atom stereocenters. The summed E-state index contributed by atoms with van der Waals surface area (Å²) in [6.45, 7) is 6.86. The lowest BCUT2D eigenvalue weighted by Crippen LogP contribution is -2.46. The van der Waals surface area contributed by atoms with Crippen molar-refractivity contribution in [1.29, 1.82) is 0 Å². The van der Waals surface area contributed by atoms with Crippen LogP contribution in [0.5, 0.6) is 0 Å². The Bertz CT molecular complexity index is 161. The molecule has 14 heavy (non-hydrogen) atoms. The predicted molar refractivity (Wildman–Crippen MR) is 57.3 cm³/mol. The first kappa shape index (κ1) is 12.0. The van der Waals surface area contributed by atoms with Crippen LogP contribution in [0.2, 0.25) is 0 Å². The average molecular weight is 201 g/mol. The third kappa shape index (κ3) is 2.69. The highest BCUT2D eigenvalue weighted by atomic mass is 16.5. The Balaban J connectivity index is 2.62. The fraction of sp³-hybridized carbons (Fsp3) is 1.00. The quantitative estimate of drug-likeness (QED) is 0.723. The normalized spacial score (nSPS) is 39.4. The lowest BCUT2D eigenvalue weighted by molar-refractivity contribution is -0.00591. The predicted octanol–water partition coefficient (Wildman–Crippen LogP) is 1.30. The number of rotatable bonds is 3. The summed E-state index contributed by atoms with van der Waals surface area (Å²) >= 11 is 0. The number of aliphatic hydroxyl groups is 1. The van der Waals surface area contributed by atoms with Crippen molar-refractivity contribution in [2.75, 3.05) is 6.61 Å². The van der Waals surface area contributed by atoms with Gasteiger partial charge in [0.25, 0.3) is 0 Å². The van der Waals surface area contributed by atoms with Crippen LogP contribution >= 0.6 is 0 Å². The molecule has 1 rings (SSSR count). The van der Waals surface area contributed by atoms with Crippen molar-refractivity contribution in [3.8, 4) is 0 Å². The summed E-state index contributed by atoms with van der Waals surface area (Å²) in [5, 5.41) is 13.3. The van der Waals surface area contributed by atoms with Crippen LogP contribution in [0, 0.1) is 0 Å². The van der Waals surface area contributed by atoms with Gasteiger partial charge in [-0.2, -0.15) is 0 Å². The molecule has 0 radical (unpaired) electrons. The molecule has 0 aromatic heterocycles. The highest BCUT2D eigenvalue weighted by Gasteiger charge is 2.29. The summed E-state index contributed by atoms with van der Waals surface area (Å²) in [5.41, 5.74) is 0. The summed E-state index contributed by atoms with van der Waals surface area (Å²) in [5.74, 6) is 0. The molecule has 0 amide bonds. The Morgan fingerprint density at radius 3 is 2.29 bits per heavy atom. The molecule has 3 heteroatoms. The summed E-state index contributed by atoms with van der Waals surface area (Å²) in [4.78, 5) is 0. The summed E-state index contributed by atoms with van der Waals surface area (Å²) in [6.07, 6.45) is 2.92. The number of ether oxygens (including phenoxy) is 1. The highest BCUT2D eigenvalue weighted by Crippen LogP contribution is 2.16. The molecular weight excluding hydrogens is 178 g/mol. The van der Waals surface area contributed by atoms with Crippen molar-refractivity contribution in [3.63, 3.8) is 0 Å². The second-order valence-electron chi connectivity index (χ2n) is 4.04. The number of aliphatic hydroxyl groups excluding tert-OH is 1. The molecule has 0 aliphatic carbocycles. The zero-order valence-electron chi connectivity index (χ0n) is 9.49. The van der Waals surface area contributed by atoms with E-state index < -0.39 is 0 Å². The lowest BCUT2D eigenvalue weighted by Gasteiger charge is -2.26. The fourth-order valence-corrected chi connectivity index (χ4v) is 2.12. The summed E-state index contributed by atoms with van der Waals surface area (Å²) in [7, 11) is 0. The van der Waals surface area contributed by atoms with Crippen LogP contribution in [0.3, 0.4) is 0 Å². The molecule has 1 fully saturated rings. The molecule has 1 saturated heterocycles. The van der Waals surface area contributed by atoms with E-state index in [1.807, 2.05) is 0 Å². The van der Waals surface area contributed by atoms with Gasteiger partial charge in [-0.25, -0.2) is 0 Å². The van der Waals surface area contributed by atoms with E-state index >= 15 is 0 Å². The van der Waals surface area contributed by atoms with Crippen LogP contribution in [0.15, 0.2) is 0 Å². The molecule has 0 aromatic carbocycles. The second-order valence-corrected chi connectivity index (χ2v) is 4.04. The number of hydrogen-bond acceptors (Lipinski definition) is 3. The largest absolute Gasteiger partial charge is 0.389 e. The van der Waals surface area contributed by atoms with Gasteiger partial charge in [0.05, 0.1) is 18.8 Å². The van der Waals surface area contributed by atoms with E-state index in [0.29, 0.717) is 12.6 Å². The minimum atomic E-state index is -0.356. The molecule has 1 aliphatic rings. The molecule has 1 aliphatic heterocycles. The van der Waals surface area contributed by atoms with Crippen molar-refractivity contribution in [1.82, 2.24) is 5.32 Å². The molecule has 0 bridgehead atoms. The van der Waals surface area contributed by atoms with Gasteiger partial charge in [-0.05, 0) is 19.3 Å². The first-order valence-electron chi connectivity index (χ1n) is 5.78. The van der Waals surface area contributed by atoms with Gasteiger partial charge in [-0.3, -0.25) is 0 Å². The Morgan fingerprint density at radius 1 is 1.14 bits per heavy atom. The topological polar surface area (TPSA) is 41.5 Å². The molecule has 1 heterocycles. The van der Waals surface area contributed by atoms with E-state index in [1.54, 1.807) is 0 Å². The molecule has 84 valence electrons. The zero-order valence-corrected chi connectivity index (χ0v) is 9.49. The maximum Gasteiger partial charge on any atom is 0.0926 e. The Kier molecular flexibility index (Phi) is 4.85. The fourth-order valence-electron chi connectivity index (χ4n) is 2.12. The average Bonchev–Trinajstić information content (AvgIpc) is 2.37. The van der Waals surface area contributed by atoms with E-state index in [9.17, 15) is 5.11 Å². The molecular formula is C11H23NO2. The monoisotopic (exact) mass is 201 g/mol. The van der Waals surface area contributed by atoms with E-state index in [0.717, 1.165) is 19.3 Å². The van der Waals surface area contributed by atoms with Crippen LogP contribution in [0.4, 0.5) is 0 Å². The van der Waals surface area contributed by atoms with Crippen LogP contribution in [0.25, 0.3) is 0 Å². The van der Waals surface area contributed by atoms with E-state index in [-0.39, 0.29) is 18.2 Å². The Labute approximate surface area is 86.8 Å². The van der Waals surface area contributed by atoms with Gasteiger partial charge in [-0.15, -0.1) is 0 Å². The maximum atomic E-state index is 9.79. The maximum absolute atomic E-state index is 9.79. The van der Waals surface area contributed by atoms with E-state index in [1.165, 1.54) is 0 Å². The number of hydrogen-bond donors (Lipinski definition) is 2. The molecule has 0 saturated carbocycles. The van der Waals surface area contributed by atoms with Crippen molar-refractivity contribution >= 4 is 0 Å². The van der Waals surface area contributed by atoms with Crippen LogP contribution < -0.4 is 5.32 Å². The van der Waals surface area contributed by atoms with Gasteiger partial charge in [0.15, 0.2) is 0 Å². The molecule has 0 spiro atoms. The van der Waals surface area contributed by atoms with Gasteiger partial charge in [-0.1, -0.05) is 20.8 Å². The van der Waals surface area contributed by atoms with Crippen molar-refractivity contribution in [3.05, 3.63) is 0 Å². The SMILES string of the molecule is CCC1N[C@H](CC)[C@H](O)COC1CC. The van der Waals surface area contributed by atoms with Gasteiger partial charge in [0.2, 0.25) is 0 Å². The first-order valence-corrected chi connectivity index (χ1v) is 5.78.